The lowest BCUT2D eigenvalue weighted by Crippen LogP contribution is -2.06. The first-order valence-electron chi connectivity index (χ1n) is 7.01. The Kier molecular flexibility index (Phi) is 4.41. The summed E-state index contributed by atoms with van der Waals surface area (Å²) >= 11 is 0. The summed E-state index contributed by atoms with van der Waals surface area (Å²) < 4.78 is 4.75. The molecule has 0 unspecified atom stereocenters. The van der Waals surface area contributed by atoms with Gasteiger partial charge in [-0.05, 0) is 43.9 Å². The van der Waals surface area contributed by atoms with Crippen molar-refractivity contribution < 1.29 is 14.3 Å². The van der Waals surface area contributed by atoms with E-state index in [9.17, 15) is 9.59 Å². The van der Waals surface area contributed by atoms with Gasteiger partial charge in [-0.2, -0.15) is 0 Å². The Morgan fingerprint density at radius 2 is 1.90 bits per heavy atom. The smallest absolute Gasteiger partial charge is 0.334 e. The van der Waals surface area contributed by atoms with Gasteiger partial charge in [0, 0.05) is 17.6 Å². The van der Waals surface area contributed by atoms with Crippen molar-refractivity contribution >= 4 is 11.8 Å². The zero-order chi connectivity index (χ0) is 15.6. The van der Waals surface area contributed by atoms with Crippen molar-refractivity contribution in [3.8, 4) is 0 Å². The van der Waals surface area contributed by atoms with Gasteiger partial charge in [-0.15, -0.1) is 0 Å². The van der Waals surface area contributed by atoms with Crippen LogP contribution in [0.15, 0.2) is 35.4 Å². The summed E-state index contributed by atoms with van der Waals surface area (Å²) in [6.07, 6.45) is 5.18. The predicted octanol–water partition coefficient (Wildman–Crippen LogP) is 3.48. The molecule has 0 saturated carbocycles. The number of methoxy groups -OCH3 is 1. The van der Waals surface area contributed by atoms with Crippen molar-refractivity contribution in [3.05, 3.63) is 57.7 Å². The summed E-state index contributed by atoms with van der Waals surface area (Å²) in [5, 5.41) is 0. The molecule has 110 valence electrons. The maximum Gasteiger partial charge on any atom is 0.334 e. The molecule has 1 aromatic carbocycles. The molecule has 0 radical (unpaired) electrons. The monoisotopic (exact) mass is 284 g/mol. The van der Waals surface area contributed by atoms with Crippen LogP contribution in [-0.4, -0.2) is 18.9 Å². The van der Waals surface area contributed by atoms with Crippen LogP contribution in [0.2, 0.25) is 0 Å². The molecule has 0 heterocycles. The van der Waals surface area contributed by atoms with E-state index in [-0.39, 0.29) is 11.8 Å². The molecule has 1 aromatic rings. The third-order valence-electron chi connectivity index (χ3n) is 4.00. The molecule has 0 N–H and O–H groups in total. The van der Waals surface area contributed by atoms with Gasteiger partial charge in [-0.25, -0.2) is 4.79 Å². The molecular weight excluding hydrogens is 264 g/mol. The number of benzene rings is 1. The lowest BCUT2D eigenvalue weighted by atomic mass is 9.91. The van der Waals surface area contributed by atoms with Crippen LogP contribution in [0.5, 0.6) is 0 Å². The highest BCUT2D eigenvalue weighted by molar-refractivity contribution is 5.96. The number of esters is 1. The molecule has 1 aliphatic rings. The number of hydrogen-bond acceptors (Lipinski definition) is 3. The van der Waals surface area contributed by atoms with Crippen molar-refractivity contribution in [2.24, 2.45) is 0 Å². The minimum atomic E-state index is -0.271. The minimum Gasteiger partial charge on any atom is -0.466 e. The number of Topliss-reactive ketones (excluding diaryl/α,β-unsaturated/α-hetero) is 1. The van der Waals surface area contributed by atoms with Gasteiger partial charge < -0.3 is 4.74 Å². The van der Waals surface area contributed by atoms with Gasteiger partial charge in [-0.3, -0.25) is 4.79 Å². The van der Waals surface area contributed by atoms with Crippen LogP contribution in [0, 0.1) is 13.8 Å². The van der Waals surface area contributed by atoms with Crippen LogP contribution >= 0.6 is 0 Å². The molecule has 0 bridgehead atoms. The highest BCUT2D eigenvalue weighted by Crippen LogP contribution is 2.27. The van der Waals surface area contributed by atoms with Crippen molar-refractivity contribution in [1.29, 1.82) is 0 Å². The summed E-state index contributed by atoms with van der Waals surface area (Å²) in [5.41, 5.74) is 6.01. The van der Waals surface area contributed by atoms with E-state index < -0.39 is 0 Å². The minimum absolute atomic E-state index is 0.0857. The molecule has 0 aliphatic heterocycles. The first-order chi connectivity index (χ1) is 9.93. The van der Waals surface area contributed by atoms with E-state index in [1.54, 1.807) is 6.92 Å². The number of hydrogen-bond donors (Lipinski definition) is 0. The molecule has 2 rings (SSSR count). The number of aryl methyl sites for hydroxylation is 1. The summed E-state index contributed by atoms with van der Waals surface area (Å²) in [6, 6.07) is 3.88. The van der Waals surface area contributed by atoms with Crippen molar-refractivity contribution in [3.63, 3.8) is 0 Å². The normalized spacial score (nSPS) is 13.7. The highest BCUT2D eigenvalue weighted by atomic mass is 16.5. The van der Waals surface area contributed by atoms with E-state index >= 15 is 0 Å². The number of carbonyl (C=O) groups excluding carboxylic acids is 2. The second-order valence-corrected chi connectivity index (χ2v) is 5.45. The van der Waals surface area contributed by atoms with Crippen LogP contribution in [0.25, 0.3) is 0 Å². The fourth-order valence-electron chi connectivity index (χ4n) is 2.75. The standard InChI is InChI=1S/C18H20O3/c1-11-5-8-16(13(3)19)12(2)17(11)10-14-6-7-15(9-14)18(20)21-4/h5-8H,9-10H2,1-4H3. The van der Waals surface area contributed by atoms with Crippen LogP contribution < -0.4 is 0 Å². The van der Waals surface area contributed by atoms with Crippen LogP contribution in [0.3, 0.4) is 0 Å². The molecular formula is C18H20O3. The lowest BCUT2D eigenvalue weighted by Gasteiger charge is -2.14. The molecule has 0 fully saturated rings. The number of rotatable bonds is 4. The Bertz CT molecular complexity index is 663. The quantitative estimate of drug-likeness (QED) is 0.628. The molecule has 21 heavy (non-hydrogen) atoms. The third-order valence-corrected chi connectivity index (χ3v) is 4.00. The molecule has 0 saturated heterocycles. The second kappa shape index (κ2) is 6.08. The highest BCUT2D eigenvalue weighted by Gasteiger charge is 2.18. The van der Waals surface area contributed by atoms with Crippen molar-refractivity contribution in [1.82, 2.24) is 0 Å². The van der Waals surface area contributed by atoms with E-state index in [4.69, 9.17) is 4.74 Å². The Morgan fingerprint density at radius 3 is 2.52 bits per heavy atom. The predicted molar refractivity (Wildman–Crippen MR) is 82.4 cm³/mol. The number of carbonyl (C=O) groups is 2. The van der Waals surface area contributed by atoms with E-state index in [0.29, 0.717) is 12.0 Å². The number of ether oxygens (including phenoxy) is 1. The van der Waals surface area contributed by atoms with E-state index in [2.05, 4.69) is 6.92 Å². The summed E-state index contributed by atoms with van der Waals surface area (Å²) in [4.78, 5) is 23.2. The van der Waals surface area contributed by atoms with E-state index in [1.807, 2.05) is 31.2 Å². The van der Waals surface area contributed by atoms with E-state index in [0.717, 1.165) is 17.5 Å². The largest absolute Gasteiger partial charge is 0.466 e. The average Bonchev–Trinajstić information content (AvgIpc) is 2.90. The maximum atomic E-state index is 11.7. The Hall–Kier alpha value is -2.16. The van der Waals surface area contributed by atoms with Gasteiger partial charge in [0.05, 0.1) is 7.11 Å². The van der Waals surface area contributed by atoms with Crippen molar-refractivity contribution in [2.75, 3.05) is 7.11 Å². The zero-order valence-electron chi connectivity index (χ0n) is 12.9. The van der Waals surface area contributed by atoms with Gasteiger partial charge in [0.15, 0.2) is 5.78 Å². The van der Waals surface area contributed by atoms with Gasteiger partial charge in [0.1, 0.15) is 0 Å². The van der Waals surface area contributed by atoms with E-state index in [1.165, 1.54) is 23.8 Å². The molecule has 0 aromatic heterocycles. The van der Waals surface area contributed by atoms with Crippen LogP contribution in [0.1, 0.15) is 40.4 Å². The fourth-order valence-corrected chi connectivity index (χ4v) is 2.75. The fraction of sp³-hybridized carbons (Fsp3) is 0.333. The number of allylic oxidation sites excluding steroid dienone is 3. The summed E-state index contributed by atoms with van der Waals surface area (Å²) in [5.74, 6) is -0.185. The summed E-state index contributed by atoms with van der Waals surface area (Å²) in [6.45, 7) is 5.63. The van der Waals surface area contributed by atoms with Gasteiger partial charge in [0.2, 0.25) is 0 Å². The molecule has 1 aliphatic carbocycles. The first-order valence-corrected chi connectivity index (χ1v) is 7.01. The lowest BCUT2D eigenvalue weighted by molar-refractivity contribution is -0.136. The molecule has 0 atom stereocenters. The molecule has 3 heteroatoms. The molecule has 3 nitrogen and oxygen atoms in total. The molecule has 0 amide bonds. The maximum absolute atomic E-state index is 11.7. The van der Waals surface area contributed by atoms with Crippen molar-refractivity contribution in [2.45, 2.75) is 33.6 Å². The topological polar surface area (TPSA) is 43.4 Å². The molecule has 0 spiro atoms. The van der Waals surface area contributed by atoms with Gasteiger partial charge in [0.25, 0.3) is 0 Å². The zero-order valence-corrected chi connectivity index (χ0v) is 12.9. The van der Waals surface area contributed by atoms with Gasteiger partial charge >= 0.3 is 5.97 Å². The summed E-state index contributed by atoms with van der Waals surface area (Å²) in [7, 11) is 1.39. The SMILES string of the molecule is COC(=O)C1=CC=C(Cc2c(C)ccc(C(C)=O)c2C)C1. The Morgan fingerprint density at radius 1 is 1.19 bits per heavy atom. The third kappa shape index (κ3) is 3.13. The average molecular weight is 284 g/mol. The number of ketones is 1. The Labute approximate surface area is 125 Å². The van der Waals surface area contributed by atoms with Crippen LogP contribution in [-0.2, 0) is 16.0 Å². The Balaban J connectivity index is 2.21. The second-order valence-electron chi connectivity index (χ2n) is 5.45. The van der Waals surface area contributed by atoms with Crippen LogP contribution in [0.4, 0.5) is 0 Å². The first kappa shape index (κ1) is 15.2. The van der Waals surface area contributed by atoms with Gasteiger partial charge in [-0.1, -0.05) is 29.9 Å².